The highest BCUT2D eigenvalue weighted by Crippen LogP contribution is 2.08. The van der Waals surface area contributed by atoms with Crippen molar-refractivity contribution in [3.63, 3.8) is 0 Å². The minimum atomic E-state index is 0.746. The number of benzene rings is 1. The molecule has 0 atom stereocenters. The molecule has 0 spiro atoms. The number of hydrogen-bond donors (Lipinski definition) is 2. The number of hydrogen-bond acceptors (Lipinski definition) is 2. The zero-order valence-corrected chi connectivity index (χ0v) is 14.8. The van der Waals surface area contributed by atoms with Gasteiger partial charge >= 0.3 is 0 Å². The van der Waals surface area contributed by atoms with Crippen LogP contribution in [0.25, 0.3) is 0 Å². The molecule has 0 unspecified atom stereocenters. The maximum Gasteiger partial charge on any atom is 0.191 e. The van der Waals surface area contributed by atoms with Crippen molar-refractivity contribution in [2.24, 2.45) is 4.99 Å². The van der Waals surface area contributed by atoms with Crippen LogP contribution >= 0.6 is 11.6 Å². The number of nitrogens with one attached hydrogen (secondary N) is 2. The summed E-state index contributed by atoms with van der Waals surface area (Å²) in [6.07, 6.45) is 2.36. The van der Waals surface area contributed by atoms with Gasteiger partial charge in [0.1, 0.15) is 0 Å². The predicted octanol–water partition coefficient (Wildman–Crippen LogP) is 3.13. The van der Waals surface area contributed by atoms with Crippen LogP contribution in [0.15, 0.2) is 29.3 Å². The molecule has 5 heteroatoms. The molecule has 0 heterocycles. The van der Waals surface area contributed by atoms with E-state index >= 15 is 0 Å². The zero-order chi connectivity index (χ0) is 16.2. The van der Waals surface area contributed by atoms with E-state index < -0.39 is 0 Å². The summed E-state index contributed by atoms with van der Waals surface area (Å²) in [6, 6.07) is 7.85. The van der Waals surface area contributed by atoms with Crippen molar-refractivity contribution in [2.75, 3.05) is 33.2 Å². The minimum absolute atomic E-state index is 0.746. The Kier molecular flexibility index (Phi) is 9.67. The average Bonchev–Trinajstić information content (AvgIpc) is 2.55. The largest absolute Gasteiger partial charge is 0.356 e. The molecule has 0 saturated carbocycles. The molecule has 1 aromatic carbocycles. The Morgan fingerprint density at radius 2 is 1.77 bits per heavy atom. The van der Waals surface area contributed by atoms with Gasteiger partial charge in [0.25, 0.3) is 0 Å². The van der Waals surface area contributed by atoms with Crippen molar-refractivity contribution in [3.05, 3.63) is 34.9 Å². The third kappa shape index (κ3) is 7.66. The first-order valence-corrected chi connectivity index (χ1v) is 8.48. The lowest BCUT2D eigenvalue weighted by Gasteiger charge is -2.18. The molecule has 1 aromatic rings. The van der Waals surface area contributed by atoms with Crippen LogP contribution in [-0.4, -0.2) is 44.1 Å². The van der Waals surface area contributed by atoms with Crippen LogP contribution in [0.3, 0.4) is 0 Å². The molecule has 2 N–H and O–H groups in total. The van der Waals surface area contributed by atoms with Crippen LogP contribution in [0.4, 0.5) is 0 Å². The maximum absolute atomic E-state index is 5.88. The molecule has 0 radical (unpaired) electrons. The summed E-state index contributed by atoms with van der Waals surface area (Å²) in [4.78, 5) is 6.70. The van der Waals surface area contributed by atoms with E-state index in [2.05, 4.69) is 34.4 Å². The molecule has 22 heavy (non-hydrogen) atoms. The van der Waals surface area contributed by atoms with E-state index in [4.69, 9.17) is 11.6 Å². The Morgan fingerprint density at radius 1 is 1.09 bits per heavy atom. The summed E-state index contributed by atoms with van der Waals surface area (Å²) in [6.45, 7) is 9.56. The molecule has 124 valence electrons. The topological polar surface area (TPSA) is 39.7 Å². The molecular weight excluding hydrogens is 296 g/mol. The van der Waals surface area contributed by atoms with Gasteiger partial charge in [0.15, 0.2) is 5.96 Å². The number of rotatable bonds is 9. The molecular formula is C17H29ClN4. The minimum Gasteiger partial charge on any atom is -0.356 e. The van der Waals surface area contributed by atoms with Gasteiger partial charge in [0.05, 0.1) is 0 Å². The van der Waals surface area contributed by atoms with E-state index in [1.54, 1.807) is 7.05 Å². The molecule has 0 bridgehead atoms. The first-order chi connectivity index (χ1) is 10.7. The molecule has 0 aliphatic heterocycles. The van der Waals surface area contributed by atoms with Crippen molar-refractivity contribution in [1.29, 1.82) is 0 Å². The lowest BCUT2D eigenvalue weighted by Crippen LogP contribution is -2.37. The van der Waals surface area contributed by atoms with Gasteiger partial charge in [-0.2, -0.15) is 0 Å². The quantitative estimate of drug-likeness (QED) is 0.416. The Bertz CT molecular complexity index is 427. The number of guanidine groups is 1. The fourth-order valence-electron chi connectivity index (χ4n) is 2.22. The van der Waals surface area contributed by atoms with Gasteiger partial charge in [-0.05, 0) is 50.2 Å². The average molecular weight is 325 g/mol. The fraction of sp³-hybridized carbons (Fsp3) is 0.588. The summed E-state index contributed by atoms with van der Waals surface area (Å²) >= 11 is 5.88. The Hall–Kier alpha value is -1.26. The van der Waals surface area contributed by atoms with Crippen molar-refractivity contribution in [1.82, 2.24) is 15.5 Å². The monoisotopic (exact) mass is 324 g/mol. The van der Waals surface area contributed by atoms with Crippen molar-refractivity contribution in [2.45, 2.75) is 33.2 Å². The normalized spacial score (nSPS) is 11.8. The summed E-state index contributed by atoms with van der Waals surface area (Å²) in [5.41, 5.74) is 1.19. The number of unbranched alkanes of at least 4 members (excludes halogenated alkanes) is 1. The Labute approximate surface area is 140 Å². The van der Waals surface area contributed by atoms with Gasteiger partial charge in [-0.3, -0.25) is 4.99 Å². The summed E-state index contributed by atoms with van der Waals surface area (Å²) in [5.74, 6) is 0.845. The number of nitrogens with zero attached hydrogens (tertiary/aromatic N) is 2. The van der Waals surface area contributed by atoms with Crippen LogP contribution < -0.4 is 10.6 Å². The molecule has 0 fully saturated rings. The molecule has 0 aliphatic rings. The van der Waals surface area contributed by atoms with Gasteiger partial charge in [-0.15, -0.1) is 0 Å². The van der Waals surface area contributed by atoms with Crippen LogP contribution in [0, 0.1) is 0 Å². The Balaban J connectivity index is 2.18. The number of halogens is 1. The van der Waals surface area contributed by atoms with Crippen LogP contribution in [-0.2, 0) is 6.54 Å². The van der Waals surface area contributed by atoms with Crippen LogP contribution in [0.1, 0.15) is 32.3 Å². The highest BCUT2D eigenvalue weighted by molar-refractivity contribution is 6.30. The first-order valence-electron chi connectivity index (χ1n) is 8.10. The Morgan fingerprint density at radius 3 is 2.36 bits per heavy atom. The van der Waals surface area contributed by atoms with Crippen LogP contribution in [0.5, 0.6) is 0 Å². The van der Waals surface area contributed by atoms with E-state index in [0.717, 1.165) is 43.6 Å². The SMILES string of the molecule is CCN(CC)CCCCNC(=NC)NCc1ccc(Cl)cc1. The van der Waals surface area contributed by atoms with Gasteiger partial charge in [0.2, 0.25) is 0 Å². The highest BCUT2D eigenvalue weighted by Gasteiger charge is 2.00. The lowest BCUT2D eigenvalue weighted by atomic mass is 10.2. The summed E-state index contributed by atoms with van der Waals surface area (Å²) < 4.78 is 0. The second-order valence-corrected chi connectivity index (χ2v) is 5.65. The lowest BCUT2D eigenvalue weighted by molar-refractivity contribution is 0.297. The van der Waals surface area contributed by atoms with E-state index in [1.165, 1.54) is 18.5 Å². The van der Waals surface area contributed by atoms with E-state index in [0.29, 0.717) is 0 Å². The third-order valence-electron chi connectivity index (χ3n) is 3.68. The van der Waals surface area contributed by atoms with E-state index in [1.807, 2.05) is 24.3 Å². The molecule has 1 rings (SSSR count). The summed E-state index contributed by atoms with van der Waals surface area (Å²) in [5, 5.41) is 7.43. The predicted molar refractivity (Wildman–Crippen MR) is 96.7 cm³/mol. The van der Waals surface area contributed by atoms with Gasteiger partial charge in [-0.25, -0.2) is 0 Å². The fourth-order valence-corrected chi connectivity index (χ4v) is 2.34. The molecule has 0 saturated heterocycles. The maximum atomic E-state index is 5.88. The van der Waals surface area contributed by atoms with E-state index in [9.17, 15) is 0 Å². The third-order valence-corrected chi connectivity index (χ3v) is 3.94. The first kappa shape index (κ1) is 18.8. The summed E-state index contributed by atoms with van der Waals surface area (Å²) in [7, 11) is 1.80. The molecule has 0 amide bonds. The van der Waals surface area contributed by atoms with E-state index in [-0.39, 0.29) is 0 Å². The molecule has 0 aliphatic carbocycles. The molecule has 4 nitrogen and oxygen atoms in total. The standard InChI is InChI=1S/C17H29ClN4/c1-4-22(5-2)13-7-6-12-20-17(19-3)21-14-15-8-10-16(18)11-9-15/h8-11H,4-7,12-14H2,1-3H3,(H2,19,20,21). The van der Waals surface area contributed by atoms with Crippen molar-refractivity contribution < 1.29 is 0 Å². The zero-order valence-electron chi connectivity index (χ0n) is 14.0. The van der Waals surface area contributed by atoms with Crippen LogP contribution in [0.2, 0.25) is 5.02 Å². The second-order valence-electron chi connectivity index (χ2n) is 5.21. The van der Waals surface area contributed by atoms with Gasteiger partial charge in [-0.1, -0.05) is 37.6 Å². The van der Waals surface area contributed by atoms with Gasteiger partial charge in [0, 0.05) is 25.2 Å². The van der Waals surface area contributed by atoms with Gasteiger partial charge < -0.3 is 15.5 Å². The van der Waals surface area contributed by atoms with Crippen molar-refractivity contribution in [3.8, 4) is 0 Å². The smallest absolute Gasteiger partial charge is 0.191 e. The van der Waals surface area contributed by atoms with Crippen molar-refractivity contribution >= 4 is 17.6 Å². The number of aliphatic imine (C=N–C) groups is 1. The highest BCUT2D eigenvalue weighted by atomic mass is 35.5. The second kappa shape index (κ2) is 11.3. The molecule has 0 aromatic heterocycles.